The molecule has 4 heteroatoms. The van der Waals surface area contributed by atoms with E-state index < -0.39 is 0 Å². The molecule has 1 aromatic carbocycles. The lowest BCUT2D eigenvalue weighted by molar-refractivity contribution is -0.122. The molecule has 2 saturated carbocycles. The first-order valence-electron chi connectivity index (χ1n) is 8.29. The Morgan fingerprint density at radius 1 is 1.27 bits per heavy atom. The number of carbonyl (C=O) groups excluding carboxylic acids is 1. The highest BCUT2D eigenvalue weighted by Crippen LogP contribution is 2.42. The molecule has 3 rings (SSSR count). The van der Waals surface area contributed by atoms with Crippen LogP contribution < -0.4 is 15.8 Å². The summed E-state index contributed by atoms with van der Waals surface area (Å²) >= 11 is 0. The highest BCUT2D eigenvalue weighted by Gasteiger charge is 2.40. The first kappa shape index (κ1) is 15.3. The number of nitrogens with one attached hydrogen (secondary N) is 1. The third-order valence-corrected chi connectivity index (χ3v) is 5.48. The molecule has 4 nitrogen and oxygen atoms in total. The van der Waals surface area contributed by atoms with Crippen molar-refractivity contribution in [2.75, 3.05) is 12.4 Å². The lowest BCUT2D eigenvalue weighted by Gasteiger charge is -2.43. The fraction of sp³-hybridized carbons (Fsp3) is 0.611. The van der Waals surface area contributed by atoms with E-state index in [1.807, 2.05) is 25.1 Å². The van der Waals surface area contributed by atoms with E-state index in [0.29, 0.717) is 17.9 Å². The maximum Gasteiger partial charge on any atom is 0.227 e. The molecule has 0 spiro atoms. The van der Waals surface area contributed by atoms with Gasteiger partial charge in [-0.15, -0.1) is 0 Å². The molecule has 2 aliphatic rings. The van der Waals surface area contributed by atoms with Gasteiger partial charge in [-0.1, -0.05) is 6.42 Å². The Bertz CT molecular complexity index is 544. The molecule has 3 N–H and O–H groups in total. The van der Waals surface area contributed by atoms with Crippen LogP contribution in [0.25, 0.3) is 0 Å². The van der Waals surface area contributed by atoms with Gasteiger partial charge in [0.05, 0.1) is 7.11 Å². The summed E-state index contributed by atoms with van der Waals surface area (Å²) in [4.78, 5) is 12.6. The number of fused-ring (bicyclic) bond motifs is 2. The summed E-state index contributed by atoms with van der Waals surface area (Å²) in [5.41, 5.74) is 8.22. The SMILES string of the molecule is COc1ccc(NC(=O)C2CC3CCCC(C2)C3N)c(C)c1. The van der Waals surface area contributed by atoms with Crippen LogP contribution in [0.15, 0.2) is 18.2 Å². The van der Waals surface area contributed by atoms with Crippen molar-refractivity contribution in [3.63, 3.8) is 0 Å². The minimum absolute atomic E-state index is 0.108. The molecule has 22 heavy (non-hydrogen) atoms. The Morgan fingerprint density at radius 3 is 2.55 bits per heavy atom. The molecule has 0 aromatic heterocycles. The summed E-state index contributed by atoms with van der Waals surface area (Å²) < 4.78 is 5.21. The van der Waals surface area contributed by atoms with Crippen molar-refractivity contribution in [2.45, 2.75) is 45.1 Å². The molecule has 0 heterocycles. The number of rotatable bonds is 3. The number of methoxy groups -OCH3 is 1. The second-order valence-corrected chi connectivity index (χ2v) is 6.87. The molecule has 0 aliphatic heterocycles. The van der Waals surface area contributed by atoms with Gasteiger partial charge in [0.2, 0.25) is 5.91 Å². The Kier molecular flexibility index (Phi) is 4.39. The van der Waals surface area contributed by atoms with Gasteiger partial charge in [-0.25, -0.2) is 0 Å². The van der Waals surface area contributed by atoms with Crippen molar-refractivity contribution in [1.82, 2.24) is 0 Å². The molecule has 2 atom stereocenters. The molecule has 0 saturated heterocycles. The summed E-state index contributed by atoms with van der Waals surface area (Å²) in [7, 11) is 1.65. The molecular formula is C18H26N2O2. The Hall–Kier alpha value is -1.55. The Labute approximate surface area is 132 Å². The van der Waals surface area contributed by atoms with Crippen molar-refractivity contribution in [1.29, 1.82) is 0 Å². The number of nitrogens with two attached hydrogens (primary N) is 1. The second-order valence-electron chi connectivity index (χ2n) is 6.87. The van der Waals surface area contributed by atoms with Crippen LogP contribution in [0.3, 0.4) is 0 Å². The molecule has 1 amide bonds. The number of ether oxygens (including phenoxy) is 1. The van der Waals surface area contributed by atoms with E-state index in [1.165, 1.54) is 19.3 Å². The summed E-state index contributed by atoms with van der Waals surface area (Å²) in [6, 6.07) is 6.05. The van der Waals surface area contributed by atoms with Crippen molar-refractivity contribution >= 4 is 11.6 Å². The number of benzene rings is 1. The number of hydrogen-bond donors (Lipinski definition) is 2. The molecule has 2 bridgehead atoms. The Morgan fingerprint density at radius 2 is 1.95 bits per heavy atom. The first-order chi connectivity index (χ1) is 10.6. The maximum atomic E-state index is 12.6. The normalized spacial score (nSPS) is 30.7. The van der Waals surface area contributed by atoms with E-state index in [9.17, 15) is 4.79 Å². The van der Waals surface area contributed by atoms with Gasteiger partial charge in [-0.3, -0.25) is 4.79 Å². The Balaban J connectivity index is 1.67. The van der Waals surface area contributed by atoms with Gasteiger partial charge in [0.1, 0.15) is 5.75 Å². The predicted molar refractivity (Wildman–Crippen MR) is 87.9 cm³/mol. The van der Waals surface area contributed by atoms with Crippen molar-refractivity contribution in [3.8, 4) is 5.75 Å². The third-order valence-electron chi connectivity index (χ3n) is 5.48. The van der Waals surface area contributed by atoms with Crippen LogP contribution in [0.5, 0.6) is 5.75 Å². The monoisotopic (exact) mass is 302 g/mol. The highest BCUT2D eigenvalue weighted by molar-refractivity contribution is 5.93. The van der Waals surface area contributed by atoms with Crippen LogP contribution in [-0.4, -0.2) is 19.1 Å². The van der Waals surface area contributed by atoms with Crippen LogP contribution in [0.2, 0.25) is 0 Å². The van der Waals surface area contributed by atoms with Gasteiger partial charge >= 0.3 is 0 Å². The van der Waals surface area contributed by atoms with Gasteiger partial charge in [0, 0.05) is 17.6 Å². The standard InChI is InChI=1S/C18H26N2O2/c1-11-8-15(22-2)6-7-16(11)20-18(21)14-9-12-4-3-5-13(10-14)17(12)19/h6-8,12-14,17H,3-5,9-10,19H2,1-2H3,(H,20,21). The van der Waals surface area contributed by atoms with E-state index in [4.69, 9.17) is 10.5 Å². The molecular weight excluding hydrogens is 276 g/mol. The summed E-state index contributed by atoms with van der Waals surface area (Å²) in [6.07, 6.45) is 5.53. The van der Waals surface area contributed by atoms with E-state index in [2.05, 4.69) is 5.32 Å². The fourth-order valence-electron chi connectivity index (χ4n) is 4.14. The zero-order chi connectivity index (χ0) is 15.7. The van der Waals surface area contributed by atoms with Crippen LogP contribution in [0.4, 0.5) is 5.69 Å². The molecule has 2 unspecified atom stereocenters. The van der Waals surface area contributed by atoms with E-state index in [0.717, 1.165) is 29.8 Å². The first-order valence-corrected chi connectivity index (χ1v) is 8.29. The van der Waals surface area contributed by atoms with E-state index in [-0.39, 0.29) is 11.8 Å². The average molecular weight is 302 g/mol. The van der Waals surface area contributed by atoms with Gasteiger partial charge in [0.25, 0.3) is 0 Å². The average Bonchev–Trinajstić information content (AvgIpc) is 2.48. The topological polar surface area (TPSA) is 64.3 Å². The second kappa shape index (κ2) is 6.29. The number of carbonyl (C=O) groups is 1. The van der Waals surface area contributed by atoms with Gasteiger partial charge in [-0.05, 0) is 68.2 Å². The zero-order valence-electron chi connectivity index (χ0n) is 13.5. The molecule has 0 radical (unpaired) electrons. The number of aryl methyl sites for hydroxylation is 1. The lowest BCUT2D eigenvalue weighted by atomic mass is 9.65. The molecule has 120 valence electrons. The van der Waals surface area contributed by atoms with Gasteiger partial charge < -0.3 is 15.8 Å². The molecule has 2 fully saturated rings. The maximum absolute atomic E-state index is 12.6. The lowest BCUT2D eigenvalue weighted by Crippen LogP contribution is -2.48. The fourth-order valence-corrected chi connectivity index (χ4v) is 4.14. The minimum atomic E-state index is 0.108. The van der Waals surface area contributed by atoms with Gasteiger partial charge in [-0.2, -0.15) is 0 Å². The van der Waals surface area contributed by atoms with Crippen LogP contribution in [-0.2, 0) is 4.79 Å². The predicted octanol–water partition coefficient (Wildman–Crippen LogP) is 3.10. The highest BCUT2D eigenvalue weighted by atomic mass is 16.5. The van der Waals surface area contributed by atoms with E-state index >= 15 is 0 Å². The molecule has 1 aromatic rings. The van der Waals surface area contributed by atoms with Crippen LogP contribution >= 0.6 is 0 Å². The number of amides is 1. The number of hydrogen-bond acceptors (Lipinski definition) is 3. The summed E-state index contributed by atoms with van der Waals surface area (Å²) in [6.45, 7) is 1.99. The van der Waals surface area contributed by atoms with Gasteiger partial charge in [0.15, 0.2) is 0 Å². The van der Waals surface area contributed by atoms with Crippen molar-refractivity contribution < 1.29 is 9.53 Å². The van der Waals surface area contributed by atoms with Crippen LogP contribution in [0, 0.1) is 24.7 Å². The van der Waals surface area contributed by atoms with Crippen molar-refractivity contribution in [2.24, 2.45) is 23.5 Å². The summed E-state index contributed by atoms with van der Waals surface area (Å²) in [5, 5.41) is 3.10. The van der Waals surface area contributed by atoms with Crippen molar-refractivity contribution in [3.05, 3.63) is 23.8 Å². The smallest absolute Gasteiger partial charge is 0.227 e. The van der Waals surface area contributed by atoms with E-state index in [1.54, 1.807) is 7.11 Å². The summed E-state index contributed by atoms with van der Waals surface area (Å²) in [5.74, 6) is 2.13. The van der Waals surface area contributed by atoms with Crippen LogP contribution in [0.1, 0.15) is 37.7 Å². The molecule has 2 aliphatic carbocycles. The minimum Gasteiger partial charge on any atom is -0.497 e. The quantitative estimate of drug-likeness (QED) is 0.901. The number of anilines is 1. The third kappa shape index (κ3) is 2.98. The zero-order valence-corrected chi connectivity index (χ0v) is 13.5. The largest absolute Gasteiger partial charge is 0.497 e.